The number of imidazole rings is 1. The van der Waals surface area contributed by atoms with E-state index in [1.807, 2.05) is 60.7 Å². The van der Waals surface area contributed by atoms with Crippen LogP contribution in [-0.2, 0) is 27.7 Å². The fraction of sp³-hybridized carbons (Fsp3) is 0.300. The van der Waals surface area contributed by atoms with Crippen LogP contribution in [0, 0.1) is 5.92 Å². The molecule has 0 bridgehead atoms. The number of sulfonamides is 1. The van der Waals surface area contributed by atoms with Crippen molar-refractivity contribution in [2.75, 3.05) is 4.72 Å². The van der Waals surface area contributed by atoms with Crippen LogP contribution >= 0.6 is 22.9 Å². The van der Waals surface area contributed by atoms with Crippen molar-refractivity contribution in [1.29, 1.82) is 0 Å². The highest BCUT2D eigenvalue weighted by molar-refractivity contribution is 8.07. The summed E-state index contributed by atoms with van der Waals surface area (Å²) >= 11 is 7.58. The predicted octanol–water partition coefficient (Wildman–Crippen LogP) is 7.67. The van der Waals surface area contributed by atoms with Gasteiger partial charge in [0.15, 0.2) is 11.4 Å². The molecule has 2 aromatic carbocycles. The smallest absolute Gasteiger partial charge is 0.445 e. The zero-order valence-corrected chi connectivity index (χ0v) is 25.9. The summed E-state index contributed by atoms with van der Waals surface area (Å²) in [5.74, 6) is 0.934. The minimum atomic E-state index is -4.43. The van der Waals surface area contributed by atoms with Gasteiger partial charge < -0.3 is 9.30 Å². The Labute approximate surface area is 249 Å². The highest BCUT2D eigenvalue weighted by Gasteiger charge is 2.30. The van der Waals surface area contributed by atoms with Gasteiger partial charge in [0, 0.05) is 22.5 Å². The summed E-state index contributed by atoms with van der Waals surface area (Å²) in [6.45, 7) is 9.34. The van der Waals surface area contributed by atoms with Gasteiger partial charge in [-0.3, -0.25) is 9.52 Å². The number of nitrogens with zero attached hydrogens (tertiary/aromatic N) is 2. The number of nitrogens with one attached hydrogen (secondary N) is 1. The average molecular weight is 614 g/mol. The number of ether oxygens (including phenoxy) is 1. The van der Waals surface area contributed by atoms with E-state index in [4.69, 9.17) is 16.3 Å². The van der Waals surface area contributed by atoms with Gasteiger partial charge in [-0.1, -0.05) is 80.0 Å². The third-order valence-corrected chi connectivity index (χ3v) is 8.41. The second kappa shape index (κ2) is 12.2. The Bertz CT molecular complexity index is 1650. The van der Waals surface area contributed by atoms with E-state index in [9.17, 15) is 18.0 Å². The molecule has 216 valence electrons. The van der Waals surface area contributed by atoms with Crippen LogP contribution in [0.25, 0.3) is 22.5 Å². The molecule has 4 rings (SSSR count). The van der Waals surface area contributed by atoms with Crippen LogP contribution in [0.3, 0.4) is 0 Å². The molecule has 0 atom stereocenters. The Hall–Kier alpha value is -3.47. The molecule has 0 saturated carbocycles. The number of thiophene rings is 1. The van der Waals surface area contributed by atoms with Crippen LogP contribution in [0.5, 0.6) is 0 Å². The SMILES string of the molecule is CC(C)Cc1cc(-c2ccc(Cn3c(-c4ccccc4)nc(Cl)c3C=O)cc2)c(NS(=O)(=O)C(=O)OC(C)(C)C)s1. The molecule has 2 heterocycles. The molecule has 2 aromatic heterocycles. The molecule has 41 heavy (non-hydrogen) atoms. The summed E-state index contributed by atoms with van der Waals surface area (Å²) < 4.78 is 35.0. The number of rotatable bonds is 9. The highest BCUT2D eigenvalue weighted by Crippen LogP contribution is 2.38. The first kappa shape index (κ1) is 30.5. The molecule has 0 spiro atoms. The van der Waals surface area contributed by atoms with Gasteiger partial charge >= 0.3 is 15.3 Å². The lowest BCUT2D eigenvalue weighted by molar-refractivity contribution is 0.0719. The Morgan fingerprint density at radius 2 is 1.76 bits per heavy atom. The monoisotopic (exact) mass is 613 g/mol. The maximum Gasteiger partial charge on any atom is 0.445 e. The number of hydrogen-bond acceptors (Lipinski definition) is 7. The zero-order valence-electron chi connectivity index (χ0n) is 23.5. The molecule has 0 aliphatic rings. The Balaban J connectivity index is 1.66. The standard InChI is InChI=1S/C30H32ClN3O5S2/c1-19(2)15-23-16-24(28(40-23)33-41(37,38)29(36)39-30(3,4)5)21-13-11-20(12-14-21)17-34-25(18-35)26(31)32-27(34)22-9-7-6-8-10-22/h6-14,16,18-19,33H,15,17H2,1-5H3. The van der Waals surface area contributed by atoms with Crippen molar-refractivity contribution < 1.29 is 22.7 Å². The summed E-state index contributed by atoms with van der Waals surface area (Å²) in [6.07, 6.45) is 1.45. The van der Waals surface area contributed by atoms with Crippen molar-refractivity contribution in [3.05, 3.63) is 82.0 Å². The average Bonchev–Trinajstić information content (AvgIpc) is 3.42. The topological polar surface area (TPSA) is 107 Å². The second-order valence-corrected chi connectivity index (χ2v) is 14.0. The first-order chi connectivity index (χ1) is 19.3. The summed E-state index contributed by atoms with van der Waals surface area (Å²) in [5.41, 5.74) is 2.47. The van der Waals surface area contributed by atoms with Gasteiger partial charge in [-0.25, -0.2) is 9.78 Å². The van der Waals surface area contributed by atoms with E-state index in [1.165, 1.54) is 11.3 Å². The second-order valence-electron chi connectivity index (χ2n) is 11.0. The van der Waals surface area contributed by atoms with Crippen LogP contribution < -0.4 is 4.72 Å². The van der Waals surface area contributed by atoms with Crippen molar-refractivity contribution in [3.8, 4) is 22.5 Å². The Morgan fingerprint density at radius 1 is 1.10 bits per heavy atom. The van der Waals surface area contributed by atoms with Gasteiger partial charge in [0.05, 0.1) is 0 Å². The van der Waals surface area contributed by atoms with Crippen molar-refractivity contribution in [2.45, 2.75) is 53.2 Å². The molecular weight excluding hydrogens is 582 g/mol. The van der Waals surface area contributed by atoms with Crippen molar-refractivity contribution in [2.24, 2.45) is 5.92 Å². The third-order valence-electron chi connectivity index (χ3n) is 5.94. The van der Waals surface area contributed by atoms with E-state index >= 15 is 0 Å². The molecule has 0 unspecified atom stereocenters. The molecule has 1 N–H and O–H groups in total. The first-order valence-corrected chi connectivity index (χ1v) is 15.7. The summed E-state index contributed by atoms with van der Waals surface area (Å²) in [4.78, 5) is 29.7. The minimum Gasteiger partial charge on any atom is -0.447 e. The molecule has 4 aromatic rings. The van der Waals surface area contributed by atoms with Gasteiger partial charge in [-0.2, -0.15) is 8.42 Å². The molecule has 11 heteroatoms. The third kappa shape index (κ3) is 7.44. The van der Waals surface area contributed by atoms with Crippen LogP contribution in [-0.4, -0.2) is 35.2 Å². The molecular formula is C30H32ClN3O5S2. The van der Waals surface area contributed by atoms with Gasteiger partial charge in [-0.05, 0) is 50.3 Å². The van der Waals surface area contributed by atoms with Crippen LogP contribution in [0.4, 0.5) is 9.80 Å². The maximum atomic E-state index is 12.8. The number of hydrogen-bond donors (Lipinski definition) is 1. The number of aromatic nitrogens is 2. The lowest BCUT2D eigenvalue weighted by Crippen LogP contribution is -2.31. The molecule has 0 radical (unpaired) electrons. The largest absolute Gasteiger partial charge is 0.447 e. The first-order valence-electron chi connectivity index (χ1n) is 13.0. The van der Waals surface area contributed by atoms with E-state index in [2.05, 4.69) is 23.6 Å². The normalized spacial score (nSPS) is 12.0. The maximum absolute atomic E-state index is 12.8. The van der Waals surface area contributed by atoms with E-state index in [0.29, 0.717) is 35.1 Å². The molecule has 0 fully saturated rings. The quantitative estimate of drug-likeness (QED) is 0.153. The van der Waals surface area contributed by atoms with E-state index in [0.717, 1.165) is 28.0 Å². The van der Waals surface area contributed by atoms with Crippen LogP contribution in [0.1, 0.15) is 55.5 Å². The molecule has 0 aliphatic heterocycles. The number of aldehydes is 1. The van der Waals surface area contributed by atoms with E-state index < -0.39 is 20.9 Å². The Morgan fingerprint density at radius 3 is 2.34 bits per heavy atom. The molecule has 0 aliphatic carbocycles. The summed E-state index contributed by atoms with van der Waals surface area (Å²) in [7, 11) is -4.43. The van der Waals surface area contributed by atoms with Crippen molar-refractivity contribution in [3.63, 3.8) is 0 Å². The van der Waals surface area contributed by atoms with Crippen molar-refractivity contribution >= 4 is 49.5 Å². The number of anilines is 1. The van der Waals surface area contributed by atoms with Crippen molar-refractivity contribution in [1.82, 2.24) is 9.55 Å². The highest BCUT2D eigenvalue weighted by atomic mass is 35.5. The van der Waals surface area contributed by atoms with Gasteiger partial charge in [0.25, 0.3) is 0 Å². The van der Waals surface area contributed by atoms with Gasteiger partial charge in [-0.15, -0.1) is 11.3 Å². The lowest BCUT2D eigenvalue weighted by atomic mass is 10.0. The van der Waals surface area contributed by atoms with Gasteiger partial charge in [0.2, 0.25) is 0 Å². The van der Waals surface area contributed by atoms with Gasteiger partial charge in [0.1, 0.15) is 22.1 Å². The molecule has 0 saturated heterocycles. The molecule has 8 nitrogen and oxygen atoms in total. The van der Waals surface area contributed by atoms with E-state index in [-0.39, 0.29) is 10.8 Å². The van der Waals surface area contributed by atoms with Crippen LogP contribution in [0.2, 0.25) is 5.15 Å². The molecule has 0 amide bonds. The predicted molar refractivity (Wildman–Crippen MR) is 164 cm³/mol. The number of carbonyl (C=O) groups is 2. The van der Waals surface area contributed by atoms with Crippen LogP contribution in [0.15, 0.2) is 60.7 Å². The number of halogens is 1. The fourth-order valence-electron chi connectivity index (χ4n) is 4.19. The fourth-order valence-corrected chi connectivity index (χ4v) is 6.85. The summed E-state index contributed by atoms with van der Waals surface area (Å²) in [5, 5.41) is -0.854. The number of carbonyl (C=O) groups excluding carboxylic acids is 2. The number of benzene rings is 2. The van der Waals surface area contributed by atoms with E-state index in [1.54, 1.807) is 25.3 Å². The lowest BCUT2D eigenvalue weighted by Gasteiger charge is -2.19. The Kier molecular flexibility index (Phi) is 9.06. The minimum absolute atomic E-state index is 0.133. The summed E-state index contributed by atoms with van der Waals surface area (Å²) in [6, 6.07) is 19.0. The zero-order chi connectivity index (χ0) is 29.9.